The number of carboxylic acids is 1. The molecule has 0 aliphatic carbocycles. The molecule has 94 valence electrons. The molecule has 2 rings (SSSR count). The maximum Gasteiger partial charge on any atom is 0.305 e. The molecule has 2 aromatic heterocycles. The third-order valence-electron chi connectivity index (χ3n) is 2.37. The van der Waals surface area contributed by atoms with Crippen LogP contribution in [0.4, 0.5) is 0 Å². The van der Waals surface area contributed by atoms with Crippen molar-refractivity contribution >= 4 is 5.97 Å². The minimum atomic E-state index is -0.950. The Hall–Kier alpha value is -2.51. The fraction of sp³-hybridized carbons (Fsp3) is 0.300. The Morgan fingerprint density at radius 3 is 3.00 bits per heavy atom. The first-order chi connectivity index (χ1) is 8.58. The van der Waals surface area contributed by atoms with Gasteiger partial charge in [0, 0.05) is 18.0 Å². The van der Waals surface area contributed by atoms with Gasteiger partial charge in [0.1, 0.15) is 0 Å². The summed E-state index contributed by atoms with van der Waals surface area (Å²) >= 11 is 0. The van der Waals surface area contributed by atoms with Gasteiger partial charge in [-0.25, -0.2) is 4.68 Å². The smallest absolute Gasteiger partial charge is 0.305 e. The topological polar surface area (TPSA) is 114 Å². The number of hydrogen-bond acceptors (Lipinski definition) is 5. The number of nitrogens with zero attached hydrogens (tertiary/aromatic N) is 4. The van der Waals surface area contributed by atoms with Crippen molar-refractivity contribution in [2.45, 2.75) is 19.9 Å². The molecule has 0 spiro atoms. The quantitative estimate of drug-likeness (QED) is 0.776. The fourth-order valence-corrected chi connectivity index (χ4v) is 1.50. The van der Waals surface area contributed by atoms with Crippen LogP contribution in [0.5, 0.6) is 0 Å². The van der Waals surface area contributed by atoms with E-state index in [4.69, 9.17) is 5.11 Å². The van der Waals surface area contributed by atoms with Crippen molar-refractivity contribution < 1.29 is 9.90 Å². The lowest BCUT2D eigenvalue weighted by Crippen LogP contribution is -2.12. The van der Waals surface area contributed by atoms with Gasteiger partial charge in [-0.15, -0.1) is 5.10 Å². The van der Waals surface area contributed by atoms with Crippen LogP contribution in [0, 0.1) is 6.92 Å². The number of nitrogens with one attached hydrogen (secondary N) is 1. The highest BCUT2D eigenvalue weighted by Gasteiger charge is 2.13. The number of aryl methyl sites for hydroxylation is 2. The second kappa shape index (κ2) is 4.78. The zero-order valence-corrected chi connectivity index (χ0v) is 9.62. The Kier molecular flexibility index (Phi) is 3.18. The summed E-state index contributed by atoms with van der Waals surface area (Å²) in [5.41, 5.74) is 0.835. The standard InChI is InChI=1S/C10H11N5O3/c1-6-4-8(16)7(5-11-6)10-12-13-14-15(10)3-2-9(17)18/h4-5H,2-3H2,1H3,(H,11,16)(H,17,18). The molecular formula is C10H11N5O3. The molecule has 0 bridgehead atoms. The molecule has 0 unspecified atom stereocenters. The van der Waals surface area contributed by atoms with E-state index < -0.39 is 5.97 Å². The highest BCUT2D eigenvalue weighted by atomic mass is 16.4. The first-order valence-corrected chi connectivity index (χ1v) is 5.25. The van der Waals surface area contributed by atoms with Gasteiger partial charge in [0.05, 0.1) is 18.5 Å². The predicted octanol–water partition coefficient (Wildman–Crippen LogP) is -0.188. The van der Waals surface area contributed by atoms with Crippen molar-refractivity contribution in [3.8, 4) is 11.4 Å². The third kappa shape index (κ3) is 2.42. The van der Waals surface area contributed by atoms with Gasteiger partial charge in [-0.3, -0.25) is 9.59 Å². The Balaban J connectivity index is 2.36. The molecule has 2 heterocycles. The minimum Gasteiger partial charge on any atom is -0.481 e. The largest absolute Gasteiger partial charge is 0.481 e. The summed E-state index contributed by atoms with van der Waals surface area (Å²) in [6.45, 7) is 1.88. The Morgan fingerprint density at radius 1 is 1.56 bits per heavy atom. The van der Waals surface area contributed by atoms with E-state index in [1.807, 2.05) is 0 Å². The van der Waals surface area contributed by atoms with E-state index in [9.17, 15) is 9.59 Å². The molecule has 0 atom stereocenters. The molecule has 0 radical (unpaired) electrons. The summed E-state index contributed by atoms with van der Waals surface area (Å²) in [7, 11) is 0. The number of aromatic amines is 1. The number of carbonyl (C=O) groups is 1. The first-order valence-electron chi connectivity index (χ1n) is 5.25. The van der Waals surface area contributed by atoms with Gasteiger partial charge < -0.3 is 10.1 Å². The Labute approximate surface area is 101 Å². The summed E-state index contributed by atoms with van der Waals surface area (Å²) in [5, 5.41) is 19.5. The maximum absolute atomic E-state index is 11.8. The monoisotopic (exact) mass is 249 g/mol. The van der Waals surface area contributed by atoms with Gasteiger partial charge in [-0.2, -0.15) is 0 Å². The van der Waals surface area contributed by atoms with Crippen molar-refractivity contribution in [3.63, 3.8) is 0 Å². The molecule has 2 aromatic rings. The highest BCUT2D eigenvalue weighted by molar-refractivity contribution is 5.66. The van der Waals surface area contributed by atoms with E-state index in [0.717, 1.165) is 5.69 Å². The van der Waals surface area contributed by atoms with Crippen LogP contribution in [0.2, 0.25) is 0 Å². The minimum absolute atomic E-state index is 0.109. The van der Waals surface area contributed by atoms with Gasteiger partial charge in [0.15, 0.2) is 11.3 Å². The van der Waals surface area contributed by atoms with E-state index >= 15 is 0 Å². The zero-order chi connectivity index (χ0) is 13.1. The first kappa shape index (κ1) is 12.0. The summed E-state index contributed by atoms with van der Waals surface area (Å²) in [5.74, 6) is -0.688. The van der Waals surface area contributed by atoms with Crippen LogP contribution in [0.3, 0.4) is 0 Å². The van der Waals surface area contributed by atoms with Crippen LogP contribution in [0.15, 0.2) is 17.1 Å². The van der Waals surface area contributed by atoms with Crippen LogP contribution < -0.4 is 5.43 Å². The molecule has 0 fully saturated rings. The molecule has 0 aliphatic heterocycles. The molecule has 0 saturated carbocycles. The van der Waals surface area contributed by atoms with Crippen molar-refractivity contribution in [2.24, 2.45) is 0 Å². The molecule has 18 heavy (non-hydrogen) atoms. The van der Waals surface area contributed by atoms with Gasteiger partial charge in [-0.05, 0) is 17.4 Å². The Bertz CT molecular complexity index is 630. The summed E-state index contributed by atoms with van der Waals surface area (Å²) in [4.78, 5) is 25.2. The fourth-order valence-electron chi connectivity index (χ4n) is 1.50. The number of pyridine rings is 1. The molecular weight excluding hydrogens is 238 g/mol. The predicted molar refractivity (Wildman–Crippen MR) is 60.9 cm³/mol. The average Bonchev–Trinajstić information content (AvgIpc) is 2.74. The molecule has 2 N–H and O–H groups in total. The van der Waals surface area contributed by atoms with E-state index in [-0.39, 0.29) is 24.2 Å². The SMILES string of the molecule is Cc1cc(=O)c(-c2nnnn2CCC(=O)O)c[nH]1. The van der Waals surface area contributed by atoms with Gasteiger partial charge >= 0.3 is 5.97 Å². The van der Waals surface area contributed by atoms with Crippen molar-refractivity contribution in [2.75, 3.05) is 0 Å². The van der Waals surface area contributed by atoms with Crippen LogP contribution in [-0.4, -0.2) is 36.3 Å². The van der Waals surface area contributed by atoms with Crippen LogP contribution in [0.1, 0.15) is 12.1 Å². The van der Waals surface area contributed by atoms with Crippen LogP contribution in [0.25, 0.3) is 11.4 Å². The number of aromatic nitrogens is 5. The van der Waals surface area contributed by atoms with Gasteiger partial charge in [0.2, 0.25) is 0 Å². The van der Waals surface area contributed by atoms with Crippen LogP contribution >= 0.6 is 0 Å². The highest BCUT2D eigenvalue weighted by Crippen LogP contribution is 2.10. The zero-order valence-electron chi connectivity index (χ0n) is 9.62. The number of tetrazole rings is 1. The van der Waals surface area contributed by atoms with E-state index in [1.165, 1.54) is 16.9 Å². The van der Waals surface area contributed by atoms with Gasteiger partial charge in [0.25, 0.3) is 0 Å². The summed E-state index contributed by atoms with van der Waals surface area (Å²) in [6, 6.07) is 1.44. The van der Waals surface area contributed by atoms with Crippen molar-refractivity contribution in [1.82, 2.24) is 25.2 Å². The summed E-state index contributed by atoms with van der Waals surface area (Å²) < 4.78 is 1.30. The second-order valence-electron chi connectivity index (χ2n) is 3.76. The summed E-state index contributed by atoms with van der Waals surface area (Å²) in [6.07, 6.45) is 1.41. The van der Waals surface area contributed by atoms with E-state index in [1.54, 1.807) is 6.92 Å². The van der Waals surface area contributed by atoms with Crippen LogP contribution in [-0.2, 0) is 11.3 Å². The lowest BCUT2D eigenvalue weighted by atomic mass is 10.2. The number of rotatable bonds is 4. The molecule has 8 heteroatoms. The normalized spacial score (nSPS) is 10.5. The molecule has 8 nitrogen and oxygen atoms in total. The Morgan fingerprint density at radius 2 is 2.33 bits per heavy atom. The van der Waals surface area contributed by atoms with Crippen molar-refractivity contribution in [1.29, 1.82) is 0 Å². The van der Waals surface area contributed by atoms with E-state index in [0.29, 0.717) is 5.56 Å². The number of carboxylic acid groups (broad SMARTS) is 1. The third-order valence-corrected chi connectivity index (χ3v) is 2.37. The van der Waals surface area contributed by atoms with Crippen molar-refractivity contribution in [3.05, 3.63) is 28.2 Å². The molecule has 0 saturated heterocycles. The number of hydrogen-bond donors (Lipinski definition) is 2. The van der Waals surface area contributed by atoms with E-state index in [2.05, 4.69) is 20.5 Å². The molecule has 0 amide bonds. The lowest BCUT2D eigenvalue weighted by Gasteiger charge is -2.02. The molecule has 0 aliphatic rings. The second-order valence-corrected chi connectivity index (χ2v) is 3.76. The average molecular weight is 249 g/mol. The number of H-pyrrole nitrogens is 1. The maximum atomic E-state index is 11.8. The number of aliphatic carboxylic acids is 1. The molecule has 0 aromatic carbocycles. The lowest BCUT2D eigenvalue weighted by molar-refractivity contribution is -0.137. The van der Waals surface area contributed by atoms with Gasteiger partial charge in [-0.1, -0.05) is 0 Å².